The van der Waals surface area contributed by atoms with Crippen LogP contribution in [0.5, 0.6) is 11.5 Å². The topological polar surface area (TPSA) is 59.9 Å². The third kappa shape index (κ3) is 4.61. The van der Waals surface area contributed by atoms with Gasteiger partial charge in [0.2, 0.25) is 0 Å². The Labute approximate surface area is 134 Å². The van der Waals surface area contributed by atoms with Gasteiger partial charge < -0.3 is 9.47 Å². The molecule has 0 fully saturated rings. The summed E-state index contributed by atoms with van der Waals surface area (Å²) in [6, 6.07) is 14.1. The number of hydrogen-bond acceptors (Lipinski definition) is 4. The van der Waals surface area contributed by atoms with Gasteiger partial charge >= 0.3 is 0 Å². The lowest BCUT2D eigenvalue weighted by Gasteiger charge is -2.09. The lowest BCUT2D eigenvalue weighted by Crippen LogP contribution is -2.17. The number of methoxy groups -OCH3 is 1. The monoisotopic (exact) mass is 308 g/mol. The Morgan fingerprint density at radius 2 is 2.04 bits per heavy atom. The summed E-state index contributed by atoms with van der Waals surface area (Å²) in [5.41, 5.74) is 3.76. The van der Waals surface area contributed by atoms with Crippen molar-refractivity contribution in [2.75, 3.05) is 13.7 Å². The highest BCUT2D eigenvalue weighted by atomic mass is 16.5. The summed E-state index contributed by atoms with van der Waals surface area (Å²) in [6.07, 6.45) is 6.68. The molecule has 0 radical (unpaired) electrons. The van der Waals surface area contributed by atoms with E-state index in [4.69, 9.17) is 15.9 Å². The minimum absolute atomic E-state index is 0.164. The van der Waals surface area contributed by atoms with E-state index in [9.17, 15) is 4.79 Å². The second-order valence-electron chi connectivity index (χ2n) is 4.47. The summed E-state index contributed by atoms with van der Waals surface area (Å²) in [4.78, 5) is 11.8. The highest BCUT2D eigenvalue weighted by Crippen LogP contribution is 2.27. The number of hydrogen-bond donors (Lipinski definition) is 1. The largest absolute Gasteiger partial charge is 0.493 e. The first kappa shape index (κ1) is 16.1. The van der Waals surface area contributed by atoms with Crippen LogP contribution in [0.25, 0.3) is 0 Å². The molecule has 23 heavy (non-hydrogen) atoms. The van der Waals surface area contributed by atoms with Gasteiger partial charge in [0.15, 0.2) is 11.5 Å². The second-order valence-corrected chi connectivity index (χ2v) is 4.47. The van der Waals surface area contributed by atoms with Gasteiger partial charge in [-0.05, 0) is 35.9 Å². The molecule has 0 aliphatic rings. The fourth-order valence-electron chi connectivity index (χ4n) is 1.82. The summed E-state index contributed by atoms with van der Waals surface area (Å²) < 4.78 is 10.6. The van der Waals surface area contributed by atoms with Crippen LogP contribution in [0.4, 0.5) is 0 Å². The first-order valence-corrected chi connectivity index (χ1v) is 6.87. The summed E-state index contributed by atoms with van der Waals surface area (Å²) in [5.74, 6) is 3.21. The molecule has 116 valence electrons. The molecular weight excluding hydrogens is 292 g/mol. The van der Waals surface area contributed by atoms with Crippen LogP contribution >= 0.6 is 0 Å². The van der Waals surface area contributed by atoms with Gasteiger partial charge in [0.05, 0.1) is 13.3 Å². The third-order valence-electron chi connectivity index (χ3n) is 2.91. The zero-order valence-corrected chi connectivity index (χ0v) is 12.7. The Hall–Kier alpha value is -3.26. The molecule has 1 N–H and O–H groups in total. The van der Waals surface area contributed by atoms with E-state index in [1.807, 2.05) is 6.07 Å². The molecule has 1 amide bonds. The Kier molecular flexibility index (Phi) is 5.78. The molecule has 2 aromatic rings. The Morgan fingerprint density at radius 3 is 2.74 bits per heavy atom. The summed E-state index contributed by atoms with van der Waals surface area (Å²) in [5, 5.41) is 3.93. The number of carbonyl (C=O) groups excluding carboxylic acids is 1. The van der Waals surface area contributed by atoms with Gasteiger partial charge in [-0.2, -0.15) is 5.10 Å². The van der Waals surface area contributed by atoms with Crippen molar-refractivity contribution >= 4 is 12.1 Å². The minimum Gasteiger partial charge on any atom is -0.493 e. The van der Waals surface area contributed by atoms with E-state index in [-0.39, 0.29) is 12.5 Å². The van der Waals surface area contributed by atoms with Crippen molar-refractivity contribution in [1.29, 1.82) is 0 Å². The van der Waals surface area contributed by atoms with E-state index < -0.39 is 0 Å². The molecule has 0 bridgehead atoms. The van der Waals surface area contributed by atoms with Crippen molar-refractivity contribution in [2.45, 2.75) is 0 Å². The van der Waals surface area contributed by atoms with Crippen LogP contribution in [-0.2, 0) is 0 Å². The molecule has 2 rings (SSSR count). The zero-order valence-electron chi connectivity index (χ0n) is 12.7. The van der Waals surface area contributed by atoms with Crippen LogP contribution in [0.3, 0.4) is 0 Å². The minimum atomic E-state index is -0.275. The van der Waals surface area contributed by atoms with E-state index in [0.29, 0.717) is 17.1 Å². The lowest BCUT2D eigenvalue weighted by molar-refractivity contribution is 0.0955. The maximum Gasteiger partial charge on any atom is 0.271 e. The number of ether oxygens (including phenoxy) is 2. The van der Waals surface area contributed by atoms with Crippen LogP contribution in [-0.4, -0.2) is 25.8 Å². The molecule has 0 aliphatic heterocycles. The number of benzene rings is 2. The summed E-state index contributed by atoms with van der Waals surface area (Å²) >= 11 is 0. The maximum atomic E-state index is 11.8. The maximum absolute atomic E-state index is 11.8. The third-order valence-corrected chi connectivity index (χ3v) is 2.91. The Morgan fingerprint density at radius 1 is 1.26 bits per heavy atom. The van der Waals surface area contributed by atoms with Crippen molar-refractivity contribution in [1.82, 2.24) is 5.43 Å². The molecule has 5 nitrogen and oxygen atoms in total. The highest BCUT2D eigenvalue weighted by Gasteiger charge is 2.05. The molecule has 5 heteroatoms. The second kappa shape index (κ2) is 8.25. The predicted molar refractivity (Wildman–Crippen MR) is 88.8 cm³/mol. The standard InChI is InChI=1S/C18H16N2O3/c1-3-11-23-16-10-9-14(12-17(16)22-2)13-19-20-18(21)15-7-5-4-6-8-15/h1,4-10,12-13H,11H2,2H3,(H,20,21). The number of amides is 1. The molecule has 0 saturated carbocycles. The van der Waals surface area contributed by atoms with Crippen LogP contribution in [0.1, 0.15) is 15.9 Å². The van der Waals surface area contributed by atoms with Gasteiger partial charge in [0.25, 0.3) is 5.91 Å². The van der Waals surface area contributed by atoms with Gasteiger partial charge in [-0.3, -0.25) is 4.79 Å². The average molecular weight is 308 g/mol. The van der Waals surface area contributed by atoms with Crippen LogP contribution in [0.15, 0.2) is 53.6 Å². The number of terminal acetylenes is 1. The molecule has 0 spiro atoms. The van der Waals surface area contributed by atoms with Gasteiger partial charge in [-0.15, -0.1) is 6.42 Å². The Balaban J connectivity index is 2.02. The molecule has 0 heterocycles. The van der Waals surface area contributed by atoms with E-state index in [1.54, 1.807) is 42.5 Å². The molecule has 0 unspecified atom stereocenters. The predicted octanol–water partition coefficient (Wildman–Crippen LogP) is 2.47. The molecule has 0 atom stereocenters. The van der Waals surface area contributed by atoms with E-state index in [1.165, 1.54) is 13.3 Å². The fraction of sp³-hybridized carbons (Fsp3) is 0.111. The number of hydrazone groups is 1. The number of rotatable bonds is 6. The van der Waals surface area contributed by atoms with Crippen molar-refractivity contribution in [3.63, 3.8) is 0 Å². The van der Waals surface area contributed by atoms with Crippen LogP contribution in [0.2, 0.25) is 0 Å². The van der Waals surface area contributed by atoms with Gasteiger partial charge in [0, 0.05) is 5.56 Å². The first-order valence-electron chi connectivity index (χ1n) is 6.87. The fourth-order valence-corrected chi connectivity index (χ4v) is 1.82. The first-order chi connectivity index (χ1) is 11.2. The molecular formula is C18H16N2O3. The number of carbonyl (C=O) groups is 1. The van der Waals surface area contributed by atoms with Crippen LogP contribution < -0.4 is 14.9 Å². The lowest BCUT2D eigenvalue weighted by atomic mass is 10.2. The molecule has 2 aromatic carbocycles. The van der Waals surface area contributed by atoms with Crippen molar-refractivity contribution < 1.29 is 14.3 Å². The molecule has 0 aliphatic carbocycles. The quantitative estimate of drug-likeness (QED) is 0.506. The van der Waals surface area contributed by atoms with Gasteiger partial charge in [-0.25, -0.2) is 5.43 Å². The smallest absolute Gasteiger partial charge is 0.271 e. The SMILES string of the molecule is C#CCOc1ccc(C=NNC(=O)c2ccccc2)cc1OC. The normalized spacial score (nSPS) is 10.1. The van der Waals surface area contributed by atoms with Gasteiger partial charge in [0.1, 0.15) is 6.61 Å². The zero-order chi connectivity index (χ0) is 16.5. The summed E-state index contributed by atoms with van der Waals surface area (Å²) in [7, 11) is 1.54. The van der Waals surface area contributed by atoms with E-state index in [0.717, 1.165) is 5.56 Å². The van der Waals surface area contributed by atoms with Crippen molar-refractivity contribution in [3.8, 4) is 23.8 Å². The Bertz CT molecular complexity index is 734. The van der Waals surface area contributed by atoms with E-state index >= 15 is 0 Å². The van der Waals surface area contributed by atoms with Crippen molar-refractivity contribution in [2.24, 2.45) is 5.10 Å². The van der Waals surface area contributed by atoms with E-state index in [2.05, 4.69) is 16.4 Å². The number of nitrogens with zero attached hydrogens (tertiary/aromatic N) is 1. The van der Waals surface area contributed by atoms with Gasteiger partial charge in [-0.1, -0.05) is 24.1 Å². The molecule has 0 aromatic heterocycles. The summed E-state index contributed by atoms with van der Waals surface area (Å²) in [6.45, 7) is 0.164. The average Bonchev–Trinajstić information content (AvgIpc) is 2.61. The molecule has 0 saturated heterocycles. The van der Waals surface area contributed by atoms with Crippen LogP contribution in [0, 0.1) is 12.3 Å². The number of nitrogens with one attached hydrogen (secondary N) is 1. The van der Waals surface area contributed by atoms with Crippen molar-refractivity contribution in [3.05, 3.63) is 59.7 Å². The highest BCUT2D eigenvalue weighted by molar-refractivity contribution is 5.94.